The van der Waals surface area contributed by atoms with E-state index in [1.807, 2.05) is 0 Å². The van der Waals surface area contributed by atoms with Crippen molar-refractivity contribution in [1.29, 1.82) is 0 Å². The molecule has 0 fully saturated rings. The molecule has 7 heteroatoms. The molecule has 1 nitrogen and oxygen atoms in total. The van der Waals surface area contributed by atoms with Crippen LogP contribution in [0.25, 0.3) is 0 Å². The highest BCUT2D eigenvalue weighted by Crippen LogP contribution is 2.33. The first kappa shape index (κ1) is 16.5. The predicted octanol–water partition coefficient (Wildman–Crippen LogP) is 4.16. The number of rotatable bonds is 2. The van der Waals surface area contributed by atoms with Crippen molar-refractivity contribution in [2.24, 2.45) is 5.73 Å². The Kier molecular flexibility index (Phi) is 5.71. The van der Waals surface area contributed by atoms with E-state index < -0.39 is 24.5 Å². The summed E-state index contributed by atoms with van der Waals surface area (Å²) >= 11 is 5.64. The maximum atomic E-state index is 13.6. The third-order valence-electron chi connectivity index (χ3n) is 2.14. The van der Waals surface area contributed by atoms with Crippen LogP contribution in [0.1, 0.15) is 23.6 Å². The van der Waals surface area contributed by atoms with E-state index in [4.69, 9.17) is 17.3 Å². The second-order valence-corrected chi connectivity index (χ2v) is 3.92. The van der Waals surface area contributed by atoms with E-state index in [-0.39, 0.29) is 28.6 Å². The average Bonchev–Trinajstić information content (AvgIpc) is 2.09. The maximum Gasteiger partial charge on any atom is 0.390 e. The SMILES string of the molecule is Cc1ccc(Cl)c([C@@H](N)CC(F)(F)F)c1F.Cl. The molecule has 0 bridgehead atoms. The number of hydrogen-bond acceptors (Lipinski definition) is 1. The third-order valence-corrected chi connectivity index (χ3v) is 2.47. The number of benzene rings is 1. The van der Waals surface area contributed by atoms with Crippen molar-refractivity contribution in [1.82, 2.24) is 0 Å². The number of aryl methyl sites for hydroxylation is 1. The first-order valence-corrected chi connectivity index (χ1v) is 4.87. The summed E-state index contributed by atoms with van der Waals surface area (Å²) in [6.45, 7) is 1.44. The van der Waals surface area contributed by atoms with Gasteiger partial charge in [0.15, 0.2) is 0 Å². The fourth-order valence-corrected chi connectivity index (χ4v) is 1.66. The lowest BCUT2D eigenvalue weighted by Crippen LogP contribution is -2.21. The van der Waals surface area contributed by atoms with E-state index in [1.165, 1.54) is 19.1 Å². The van der Waals surface area contributed by atoms with Gasteiger partial charge in [-0.1, -0.05) is 17.7 Å². The Morgan fingerprint density at radius 1 is 1.35 bits per heavy atom. The van der Waals surface area contributed by atoms with E-state index in [2.05, 4.69) is 0 Å². The smallest absolute Gasteiger partial charge is 0.324 e. The summed E-state index contributed by atoms with van der Waals surface area (Å²) in [6, 6.07) is 1.25. The predicted molar refractivity (Wildman–Crippen MR) is 61.0 cm³/mol. The second-order valence-electron chi connectivity index (χ2n) is 3.52. The van der Waals surface area contributed by atoms with Gasteiger partial charge in [-0.05, 0) is 18.6 Å². The van der Waals surface area contributed by atoms with Crippen molar-refractivity contribution >= 4 is 24.0 Å². The largest absolute Gasteiger partial charge is 0.390 e. The second kappa shape index (κ2) is 5.89. The van der Waals surface area contributed by atoms with Crippen LogP contribution in [0.15, 0.2) is 12.1 Å². The first-order chi connectivity index (χ1) is 7.22. The molecular formula is C10H11Cl2F4N. The molecule has 0 aromatic heterocycles. The van der Waals surface area contributed by atoms with Gasteiger partial charge in [0.05, 0.1) is 6.42 Å². The molecule has 0 heterocycles. The topological polar surface area (TPSA) is 26.0 Å². The maximum absolute atomic E-state index is 13.6. The van der Waals surface area contributed by atoms with Gasteiger partial charge in [-0.15, -0.1) is 12.4 Å². The summed E-state index contributed by atoms with van der Waals surface area (Å²) < 4.78 is 49.9. The molecule has 2 N–H and O–H groups in total. The van der Waals surface area contributed by atoms with Crippen LogP contribution in [0.2, 0.25) is 5.02 Å². The number of halogens is 6. The van der Waals surface area contributed by atoms with Crippen molar-refractivity contribution in [3.8, 4) is 0 Å². The lowest BCUT2D eigenvalue weighted by Gasteiger charge is -2.17. The summed E-state index contributed by atoms with van der Waals surface area (Å²) in [4.78, 5) is 0. The number of alkyl halides is 3. The van der Waals surface area contributed by atoms with Crippen LogP contribution in [0.3, 0.4) is 0 Å². The first-order valence-electron chi connectivity index (χ1n) is 4.49. The Hall–Kier alpha value is -0.520. The van der Waals surface area contributed by atoms with Gasteiger partial charge < -0.3 is 5.73 Å². The van der Waals surface area contributed by atoms with Gasteiger partial charge >= 0.3 is 6.18 Å². The van der Waals surface area contributed by atoms with Gasteiger partial charge in [0, 0.05) is 16.6 Å². The molecule has 1 aromatic carbocycles. The van der Waals surface area contributed by atoms with Crippen LogP contribution in [0.4, 0.5) is 17.6 Å². The minimum atomic E-state index is -4.45. The van der Waals surface area contributed by atoms with E-state index in [9.17, 15) is 17.6 Å². The molecular weight excluding hydrogens is 281 g/mol. The Bertz CT molecular complexity index is 393. The highest BCUT2D eigenvalue weighted by molar-refractivity contribution is 6.31. The fraction of sp³-hybridized carbons (Fsp3) is 0.400. The summed E-state index contributed by atoms with van der Waals surface area (Å²) in [5, 5.41) is -0.0835. The Morgan fingerprint density at radius 2 is 1.88 bits per heavy atom. The van der Waals surface area contributed by atoms with Gasteiger partial charge in [0.1, 0.15) is 5.82 Å². The molecule has 98 valence electrons. The Balaban J connectivity index is 0.00000256. The molecule has 1 atom stereocenters. The van der Waals surface area contributed by atoms with Gasteiger partial charge in [-0.2, -0.15) is 13.2 Å². The zero-order chi connectivity index (χ0) is 12.5. The van der Waals surface area contributed by atoms with Crippen LogP contribution in [-0.4, -0.2) is 6.18 Å². The molecule has 1 aromatic rings. The highest BCUT2D eigenvalue weighted by atomic mass is 35.5. The van der Waals surface area contributed by atoms with Crippen molar-refractivity contribution < 1.29 is 17.6 Å². The van der Waals surface area contributed by atoms with Crippen LogP contribution in [0, 0.1) is 12.7 Å². The summed E-state index contributed by atoms with van der Waals surface area (Å²) in [5.41, 5.74) is 5.25. The van der Waals surface area contributed by atoms with Crippen molar-refractivity contribution in [2.45, 2.75) is 25.6 Å². The zero-order valence-electron chi connectivity index (χ0n) is 8.81. The average molecular weight is 292 g/mol. The molecule has 0 spiro atoms. The molecule has 0 aliphatic heterocycles. The molecule has 0 amide bonds. The minimum Gasteiger partial charge on any atom is -0.324 e. The molecule has 0 unspecified atom stereocenters. The molecule has 0 aliphatic carbocycles. The monoisotopic (exact) mass is 291 g/mol. The van der Waals surface area contributed by atoms with Crippen LogP contribution < -0.4 is 5.73 Å². The lowest BCUT2D eigenvalue weighted by atomic mass is 10.0. The Morgan fingerprint density at radius 3 is 2.35 bits per heavy atom. The summed E-state index contributed by atoms with van der Waals surface area (Å²) in [7, 11) is 0. The van der Waals surface area contributed by atoms with E-state index >= 15 is 0 Å². The molecule has 1 rings (SSSR count). The standard InChI is InChI=1S/C10H10ClF4N.ClH/c1-5-2-3-6(11)8(9(5)12)7(16)4-10(13,14)15;/h2-3,7H,4,16H2,1H3;1H/t7-;/m0./s1. The van der Waals surface area contributed by atoms with Gasteiger partial charge in [-0.25, -0.2) is 4.39 Å². The third kappa shape index (κ3) is 4.33. The van der Waals surface area contributed by atoms with Crippen molar-refractivity contribution in [3.05, 3.63) is 34.1 Å². The van der Waals surface area contributed by atoms with Crippen molar-refractivity contribution in [3.63, 3.8) is 0 Å². The highest BCUT2D eigenvalue weighted by Gasteiger charge is 2.33. The lowest BCUT2D eigenvalue weighted by molar-refractivity contribution is -0.138. The summed E-state index contributed by atoms with van der Waals surface area (Å²) in [6.07, 6.45) is -5.74. The molecule has 0 aliphatic rings. The number of hydrogen-bond donors (Lipinski definition) is 1. The van der Waals surface area contributed by atoms with Crippen LogP contribution in [0.5, 0.6) is 0 Å². The van der Waals surface area contributed by atoms with Crippen LogP contribution >= 0.6 is 24.0 Å². The van der Waals surface area contributed by atoms with E-state index in [1.54, 1.807) is 0 Å². The van der Waals surface area contributed by atoms with Gasteiger partial charge in [0.2, 0.25) is 0 Å². The minimum absolute atomic E-state index is 0. The fourth-order valence-electron chi connectivity index (χ4n) is 1.37. The quantitative estimate of drug-likeness (QED) is 0.814. The molecule has 0 saturated carbocycles. The summed E-state index contributed by atoms with van der Waals surface area (Å²) in [5.74, 6) is -0.774. The van der Waals surface area contributed by atoms with Gasteiger partial charge in [-0.3, -0.25) is 0 Å². The Labute approximate surface area is 107 Å². The zero-order valence-corrected chi connectivity index (χ0v) is 10.4. The normalized spacial score (nSPS) is 13.1. The van der Waals surface area contributed by atoms with Gasteiger partial charge in [0.25, 0.3) is 0 Å². The van der Waals surface area contributed by atoms with E-state index in [0.717, 1.165) is 0 Å². The van der Waals surface area contributed by atoms with Crippen LogP contribution in [-0.2, 0) is 0 Å². The van der Waals surface area contributed by atoms with Crippen molar-refractivity contribution in [2.75, 3.05) is 0 Å². The molecule has 0 radical (unpaired) electrons. The van der Waals surface area contributed by atoms with E-state index in [0.29, 0.717) is 0 Å². The molecule has 0 saturated heterocycles. The molecule has 17 heavy (non-hydrogen) atoms. The number of nitrogens with two attached hydrogens (primary N) is 1.